The van der Waals surface area contributed by atoms with Gasteiger partial charge in [-0.25, -0.2) is 4.39 Å². The lowest BCUT2D eigenvalue weighted by molar-refractivity contribution is 0.627. The lowest BCUT2D eigenvalue weighted by atomic mass is 9.95. The Morgan fingerprint density at radius 1 is 1.36 bits per heavy atom. The van der Waals surface area contributed by atoms with E-state index in [0.717, 1.165) is 18.4 Å². The lowest BCUT2D eigenvalue weighted by Crippen LogP contribution is -1.87. The van der Waals surface area contributed by atoms with Crippen LogP contribution in [0.3, 0.4) is 0 Å². The first kappa shape index (κ1) is 9.51. The van der Waals surface area contributed by atoms with E-state index in [2.05, 4.69) is 13.9 Å². The van der Waals surface area contributed by atoms with Gasteiger partial charge in [0, 0.05) is 0 Å². The number of fused-ring (bicyclic) bond motifs is 1. The van der Waals surface area contributed by atoms with Gasteiger partial charge in [0.25, 0.3) is 0 Å². The average Bonchev–Trinajstić information content (AvgIpc) is 2.57. The van der Waals surface area contributed by atoms with Crippen LogP contribution in [0.5, 0.6) is 0 Å². The molecule has 0 unspecified atom stereocenters. The van der Waals surface area contributed by atoms with Crippen LogP contribution in [0.1, 0.15) is 24.0 Å². The maximum Gasteiger partial charge on any atom is 0.123 e. The van der Waals surface area contributed by atoms with Gasteiger partial charge in [0.2, 0.25) is 0 Å². The molecule has 1 aliphatic carbocycles. The van der Waals surface area contributed by atoms with Gasteiger partial charge in [0.1, 0.15) is 13.7 Å². The van der Waals surface area contributed by atoms with Crippen LogP contribution in [0, 0.1) is 5.82 Å². The number of rotatable bonds is 3. The van der Waals surface area contributed by atoms with Crippen molar-refractivity contribution in [2.24, 2.45) is 0 Å². The summed E-state index contributed by atoms with van der Waals surface area (Å²) in [5, 5.41) is 0. The Morgan fingerprint density at radius 3 is 3.00 bits per heavy atom. The molecule has 2 rings (SSSR count). The molecule has 0 heterocycles. The van der Waals surface area contributed by atoms with Gasteiger partial charge in [-0.2, -0.15) is 0 Å². The van der Waals surface area contributed by atoms with Gasteiger partial charge in [0.05, 0.1) is 0 Å². The largest absolute Gasteiger partial charge is 0.207 e. The van der Waals surface area contributed by atoms with Crippen molar-refractivity contribution in [3.63, 3.8) is 0 Å². The van der Waals surface area contributed by atoms with Crippen molar-refractivity contribution >= 4 is 13.4 Å². The zero-order valence-electron chi connectivity index (χ0n) is 8.52. The van der Waals surface area contributed by atoms with Crippen molar-refractivity contribution in [2.75, 3.05) is 0 Å². The van der Waals surface area contributed by atoms with E-state index in [-0.39, 0.29) is 5.82 Å². The predicted molar refractivity (Wildman–Crippen MR) is 60.7 cm³/mol. The highest BCUT2D eigenvalue weighted by atomic mass is 19.1. The van der Waals surface area contributed by atoms with Crippen molar-refractivity contribution in [3.8, 4) is 0 Å². The first-order valence-corrected chi connectivity index (χ1v) is 5.29. The van der Waals surface area contributed by atoms with E-state index < -0.39 is 0 Å². The van der Waals surface area contributed by atoms with E-state index >= 15 is 0 Å². The number of hydrogen-bond donors (Lipinski definition) is 0. The quantitative estimate of drug-likeness (QED) is 0.639. The zero-order valence-corrected chi connectivity index (χ0v) is 8.52. The van der Waals surface area contributed by atoms with Crippen LogP contribution in [-0.4, -0.2) is 7.85 Å². The summed E-state index contributed by atoms with van der Waals surface area (Å²) < 4.78 is 13.0. The van der Waals surface area contributed by atoms with Crippen molar-refractivity contribution in [2.45, 2.75) is 25.6 Å². The summed E-state index contributed by atoms with van der Waals surface area (Å²) in [5.41, 5.74) is 3.75. The van der Waals surface area contributed by atoms with Crippen LogP contribution < -0.4 is 0 Å². The normalized spacial score (nSPS) is 13.9. The van der Waals surface area contributed by atoms with Gasteiger partial charge in [-0.1, -0.05) is 24.9 Å². The summed E-state index contributed by atoms with van der Waals surface area (Å²) in [4.78, 5) is 0. The molecule has 0 aliphatic heterocycles. The fraction of sp³-hybridized carbons (Fsp3) is 0.333. The van der Waals surface area contributed by atoms with Gasteiger partial charge >= 0.3 is 0 Å². The summed E-state index contributed by atoms with van der Waals surface area (Å²) >= 11 is 0. The molecule has 0 spiro atoms. The predicted octanol–water partition coefficient (Wildman–Crippen LogP) is 2.60. The Kier molecular flexibility index (Phi) is 2.71. The zero-order chi connectivity index (χ0) is 9.97. The molecule has 0 saturated carbocycles. The van der Waals surface area contributed by atoms with E-state index in [4.69, 9.17) is 0 Å². The van der Waals surface area contributed by atoms with Crippen molar-refractivity contribution in [1.82, 2.24) is 0 Å². The molecular formula is C12H14BF. The molecule has 0 amide bonds. The molecule has 0 nitrogen and oxygen atoms in total. The Morgan fingerprint density at radius 2 is 2.21 bits per heavy atom. The molecule has 72 valence electrons. The SMILES string of the molecule is BCCCC1=CCc2ccc(F)cc21. The Balaban J connectivity index is 2.22. The number of halogens is 1. The van der Waals surface area contributed by atoms with Gasteiger partial charge < -0.3 is 0 Å². The van der Waals surface area contributed by atoms with Gasteiger partial charge in [0.15, 0.2) is 0 Å². The third kappa shape index (κ3) is 1.74. The molecule has 2 heteroatoms. The molecule has 0 aromatic heterocycles. The summed E-state index contributed by atoms with van der Waals surface area (Å²) in [5.74, 6) is -0.118. The van der Waals surface area contributed by atoms with E-state index in [9.17, 15) is 4.39 Å². The number of benzene rings is 1. The third-order valence-corrected chi connectivity index (χ3v) is 2.79. The first-order chi connectivity index (χ1) is 6.81. The van der Waals surface area contributed by atoms with Gasteiger partial charge in [-0.3, -0.25) is 0 Å². The van der Waals surface area contributed by atoms with Crippen LogP contribution in [0.4, 0.5) is 4.39 Å². The monoisotopic (exact) mass is 188 g/mol. The topological polar surface area (TPSA) is 0 Å². The molecule has 0 saturated heterocycles. The summed E-state index contributed by atoms with van der Waals surface area (Å²) in [6.07, 6.45) is 6.70. The van der Waals surface area contributed by atoms with Crippen LogP contribution in [0.25, 0.3) is 5.57 Å². The second kappa shape index (κ2) is 3.99. The van der Waals surface area contributed by atoms with Crippen LogP contribution in [0.15, 0.2) is 24.3 Å². The minimum absolute atomic E-state index is 0.118. The average molecular weight is 188 g/mol. The fourth-order valence-electron chi connectivity index (χ4n) is 1.97. The molecule has 0 bridgehead atoms. The number of allylic oxidation sites excluding steroid dienone is 2. The van der Waals surface area contributed by atoms with Crippen LogP contribution in [-0.2, 0) is 6.42 Å². The van der Waals surface area contributed by atoms with Crippen molar-refractivity contribution < 1.29 is 4.39 Å². The second-order valence-corrected chi connectivity index (χ2v) is 3.84. The Labute approximate surface area is 85.2 Å². The van der Waals surface area contributed by atoms with Crippen molar-refractivity contribution in [3.05, 3.63) is 41.2 Å². The summed E-state index contributed by atoms with van der Waals surface area (Å²) in [6.45, 7) is 0. The minimum atomic E-state index is -0.118. The number of hydrogen-bond acceptors (Lipinski definition) is 0. The third-order valence-electron chi connectivity index (χ3n) is 2.79. The smallest absolute Gasteiger partial charge is 0.123 e. The first-order valence-electron chi connectivity index (χ1n) is 5.29. The highest BCUT2D eigenvalue weighted by Gasteiger charge is 2.13. The van der Waals surface area contributed by atoms with Gasteiger partial charge in [-0.15, -0.1) is 0 Å². The molecule has 0 fully saturated rings. The lowest BCUT2D eigenvalue weighted by Gasteiger charge is -2.04. The minimum Gasteiger partial charge on any atom is -0.207 e. The van der Waals surface area contributed by atoms with E-state index in [1.807, 2.05) is 6.07 Å². The molecular weight excluding hydrogens is 174 g/mol. The Bertz CT molecular complexity index is 369. The molecule has 14 heavy (non-hydrogen) atoms. The van der Waals surface area contributed by atoms with E-state index in [1.54, 1.807) is 12.1 Å². The van der Waals surface area contributed by atoms with E-state index in [0.29, 0.717) is 0 Å². The maximum absolute atomic E-state index is 13.0. The van der Waals surface area contributed by atoms with Crippen molar-refractivity contribution in [1.29, 1.82) is 0 Å². The fourth-order valence-corrected chi connectivity index (χ4v) is 1.97. The highest BCUT2D eigenvalue weighted by Crippen LogP contribution is 2.31. The maximum atomic E-state index is 13.0. The molecule has 1 aromatic carbocycles. The van der Waals surface area contributed by atoms with E-state index in [1.165, 1.54) is 23.9 Å². The van der Waals surface area contributed by atoms with Gasteiger partial charge in [-0.05, 0) is 41.7 Å². The summed E-state index contributed by atoms with van der Waals surface area (Å²) in [6, 6.07) is 5.12. The highest BCUT2D eigenvalue weighted by molar-refractivity contribution is 6.08. The molecule has 0 atom stereocenters. The molecule has 0 N–H and O–H groups in total. The molecule has 1 aliphatic rings. The molecule has 1 aromatic rings. The summed E-state index contributed by atoms with van der Waals surface area (Å²) in [7, 11) is 2.18. The second-order valence-electron chi connectivity index (χ2n) is 3.84. The van der Waals surface area contributed by atoms with Crippen LogP contribution >= 0.6 is 0 Å². The Hall–Kier alpha value is -1.05. The van der Waals surface area contributed by atoms with Crippen LogP contribution in [0.2, 0.25) is 6.32 Å². The molecule has 0 radical (unpaired) electrons. The standard InChI is InChI=1S/C12H14BF/c13-7-1-2-9-3-4-10-5-6-11(14)8-12(9)10/h3,5-6,8H,1-2,4,7,13H2.